The van der Waals surface area contributed by atoms with Crippen LogP contribution in [0.3, 0.4) is 0 Å². The minimum absolute atomic E-state index is 0.0942. The summed E-state index contributed by atoms with van der Waals surface area (Å²) in [6, 6.07) is 14.1. The number of rotatable bonds is 6. The van der Waals surface area contributed by atoms with Gasteiger partial charge in [-0.15, -0.1) is 0 Å². The first-order valence-corrected chi connectivity index (χ1v) is 11.8. The van der Waals surface area contributed by atoms with Gasteiger partial charge in [0.2, 0.25) is 11.8 Å². The maximum absolute atomic E-state index is 12.8. The van der Waals surface area contributed by atoms with Crippen LogP contribution in [0.5, 0.6) is 0 Å². The van der Waals surface area contributed by atoms with E-state index in [2.05, 4.69) is 32.9 Å². The minimum atomic E-state index is -0.595. The van der Waals surface area contributed by atoms with Gasteiger partial charge in [-0.05, 0) is 85.0 Å². The summed E-state index contributed by atoms with van der Waals surface area (Å²) in [5.41, 5.74) is 1.68. The summed E-state index contributed by atoms with van der Waals surface area (Å²) in [6.07, 6.45) is 0.0942. The number of halogens is 1. The molecule has 0 spiro atoms. The monoisotopic (exact) mass is 551 g/mol. The highest BCUT2D eigenvalue weighted by atomic mass is 127. The van der Waals surface area contributed by atoms with Crippen LogP contribution in [0, 0.1) is 3.57 Å². The quantitative estimate of drug-likeness (QED) is 0.424. The van der Waals surface area contributed by atoms with E-state index in [1.807, 2.05) is 31.2 Å². The topological polar surface area (TPSA) is 88.1 Å². The molecule has 2 amide bonds. The second-order valence-electron chi connectivity index (χ2n) is 6.61. The molecular weight excluding hydrogens is 529 g/mol. The second kappa shape index (κ2) is 10.8. The Morgan fingerprint density at radius 3 is 2.45 bits per heavy atom. The number of nitrogens with zero attached hydrogens (tertiary/aromatic N) is 2. The van der Waals surface area contributed by atoms with Crippen molar-refractivity contribution in [3.8, 4) is 0 Å². The molecule has 9 heteroatoms. The smallest absolute Gasteiger partial charge is 0.338 e. The number of amidine groups is 1. The maximum Gasteiger partial charge on any atom is 0.338 e. The summed E-state index contributed by atoms with van der Waals surface area (Å²) < 4.78 is 6.05. The average molecular weight is 551 g/mol. The molecule has 1 aliphatic rings. The maximum atomic E-state index is 12.8. The fraction of sp³-hybridized carbons (Fsp3) is 0.273. The Hall–Kier alpha value is -2.40. The van der Waals surface area contributed by atoms with Crippen LogP contribution in [-0.2, 0) is 14.3 Å². The molecule has 0 aromatic heterocycles. The van der Waals surface area contributed by atoms with E-state index >= 15 is 0 Å². The fourth-order valence-electron chi connectivity index (χ4n) is 2.91. The van der Waals surface area contributed by atoms with Crippen molar-refractivity contribution in [1.29, 1.82) is 0 Å². The third-order valence-electron chi connectivity index (χ3n) is 4.46. The van der Waals surface area contributed by atoms with E-state index in [0.717, 1.165) is 9.26 Å². The average Bonchev–Trinajstić information content (AvgIpc) is 2.76. The van der Waals surface area contributed by atoms with Crippen molar-refractivity contribution in [3.63, 3.8) is 0 Å². The summed E-state index contributed by atoms with van der Waals surface area (Å²) in [7, 11) is 0. The normalized spacial score (nSPS) is 17.5. The van der Waals surface area contributed by atoms with Crippen LogP contribution in [0.15, 0.2) is 53.5 Å². The molecule has 1 N–H and O–H groups in total. The van der Waals surface area contributed by atoms with Crippen molar-refractivity contribution in [2.45, 2.75) is 25.5 Å². The highest BCUT2D eigenvalue weighted by Crippen LogP contribution is 2.30. The molecule has 2 aromatic carbocycles. The summed E-state index contributed by atoms with van der Waals surface area (Å²) in [4.78, 5) is 43.4. The summed E-state index contributed by atoms with van der Waals surface area (Å²) in [6.45, 7) is 4.41. The van der Waals surface area contributed by atoms with Gasteiger partial charge in [0, 0.05) is 22.2 Å². The van der Waals surface area contributed by atoms with Crippen LogP contribution in [0.2, 0.25) is 0 Å². The van der Waals surface area contributed by atoms with E-state index in [1.165, 1.54) is 11.8 Å². The molecule has 1 unspecified atom stereocenters. The lowest BCUT2D eigenvalue weighted by Gasteiger charge is -2.30. The van der Waals surface area contributed by atoms with Gasteiger partial charge in [0.05, 0.1) is 17.9 Å². The predicted molar refractivity (Wildman–Crippen MR) is 131 cm³/mol. The summed E-state index contributed by atoms with van der Waals surface area (Å²) in [5, 5.41) is 2.73. The lowest BCUT2D eigenvalue weighted by Crippen LogP contribution is -2.45. The number of nitrogens with one attached hydrogen (secondary N) is 1. The van der Waals surface area contributed by atoms with Crippen LogP contribution in [0.4, 0.5) is 11.4 Å². The molecule has 2 aromatic rings. The van der Waals surface area contributed by atoms with Gasteiger partial charge in [0.25, 0.3) is 0 Å². The van der Waals surface area contributed by atoms with Crippen molar-refractivity contribution in [2.24, 2.45) is 4.99 Å². The lowest BCUT2D eigenvalue weighted by molar-refractivity contribution is -0.129. The third kappa shape index (κ3) is 6.07. The fourth-order valence-corrected chi connectivity index (χ4v) is 4.43. The van der Waals surface area contributed by atoms with Crippen molar-refractivity contribution in [2.75, 3.05) is 18.5 Å². The van der Waals surface area contributed by atoms with Gasteiger partial charge in [-0.25, -0.2) is 9.79 Å². The second-order valence-corrected chi connectivity index (χ2v) is 9.02. The van der Waals surface area contributed by atoms with Crippen LogP contribution < -0.4 is 5.32 Å². The van der Waals surface area contributed by atoms with Gasteiger partial charge in [0.1, 0.15) is 5.25 Å². The van der Waals surface area contributed by atoms with Crippen molar-refractivity contribution >= 4 is 68.7 Å². The minimum Gasteiger partial charge on any atom is -0.462 e. The number of amides is 2. The van der Waals surface area contributed by atoms with E-state index in [9.17, 15) is 14.4 Å². The molecule has 7 nitrogen and oxygen atoms in total. The zero-order valence-corrected chi connectivity index (χ0v) is 20.1. The Kier molecular flexibility index (Phi) is 8.08. The number of esters is 1. The highest BCUT2D eigenvalue weighted by molar-refractivity contribution is 14.1. The van der Waals surface area contributed by atoms with Gasteiger partial charge in [-0.1, -0.05) is 11.8 Å². The number of anilines is 1. The first kappa shape index (κ1) is 23.3. The highest BCUT2D eigenvalue weighted by Gasteiger charge is 2.35. The molecule has 0 saturated carbocycles. The molecule has 1 heterocycles. The van der Waals surface area contributed by atoms with Crippen LogP contribution in [0.1, 0.15) is 30.6 Å². The van der Waals surface area contributed by atoms with E-state index in [-0.39, 0.29) is 18.2 Å². The van der Waals surface area contributed by atoms with E-state index in [1.54, 1.807) is 36.1 Å². The Morgan fingerprint density at radius 1 is 1.16 bits per heavy atom. The van der Waals surface area contributed by atoms with Gasteiger partial charge in [-0.2, -0.15) is 0 Å². The molecule has 0 bridgehead atoms. The lowest BCUT2D eigenvalue weighted by atomic mass is 10.2. The largest absolute Gasteiger partial charge is 0.462 e. The zero-order chi connectivity index (χ0) is 22.4. The van der Waals surface area contributed by atoms with Gasteiger partial charge >= 0.3 is 5.97 Å². The van der Waals surface area contributed by atoms with Crippen LogP contribution in [0.25, 0.3) is 0 Å². The van der Waals surface area contributed by atoms with Crippen molar-refractivity contribution in [3.05, 3.63) is 57.7 Å². The molecule has 162 valence electrons. The number of carbonyl (C=O) groups is 3. The molecule has 1 aliphatic heterocycles. The van der Waals surface area contributed by atoms with E-state index in [4.69, 9.17) is 4.74 Å². The predicted octanol–water partition coefficient (Wildman–Crippen LogP) is 4.45. The first-order chi connectivity index (χ1) is 14.9. The Balaban J connectivity index is 1.73. The van der Waals surface area contributed by atoms with Crippen LogP contribution in [-0.4, -0.2) is 46.3 Å². The SMILES string of the molecule is CCOC(=O)c1ccc(NC(=O)C2CC(=O)N(CC)C(=Nc3ccc(I)cc3)S2)cc1. The van der Waals surface area contributed by atoms with Gasteiger partial charge < -0.3 is 10.1 Å². The number of ether oxygens (including phenoxy) is 1. The molecule has 1 fully saturated rings. The molecule has 0 radical (unpaired) electrons. The molecule has 0 aliphatic carbocycles. The van der Waals surface area contributed by atoms with E-state index < -0.39 is 11.2 Å². The first-order valence-electron chi connectivity index (χ1n) is 9.80. The molecule has 1 saturated heterocycles. The summed E-state index contributed by atoms with van der Waals surface area (Å²) >= 11 is 3.49. The number of aliphatic imine (C=N–C) groups is 1. The van der Waals surface area contributed by atoms with Gasteiger partial charge in [0.15, 0.2) is 5.17 Å². The van der Waals surface area contributed by atoms with Crippen molar-refractivity contribution < 1.29 is 19.1 Å². The number of hydrogen-bond donors (Lipinski definition) is 1. The van der Waals surface area contributed by atoms with Crippen molar-refractivity contribution in [1.82, 2.24) is 4.90 Å². The summed E-state index contributed by atoms with van der Waals surface area (Å²) in [5.74, 6) is -0.832. The molecule has 3 rings (SSSR count). The number of thioether (sulfide) groups is 1. The Morgan fingerprint density at radius 2 is 1.84 bits per heavy atom. The number of carbonyl (C=O) groups excluding carboxylic acids is 3. The third-order valence-corrected chi connectivity index (χ3v) is 6.37. The van der Waals surface area contributed by atoms with Gasteiger partial charge in [-0.3, -0.25) is 14.5 Å². The number of hydrogen-bond acceptors (Lipinski definition) is 6. The Labute approximate surface area is 198 Å². The number of benzene rings is 2. The molecule has 1 atom stereocenters. The van der Waals surface area contributed by atoms with E-state index in [0.29, 0.717) is 29.6 Å². The van der Waals surface area contributed by atoms with Crippen LogP contribution >= 0.6 is 34.4 Å². The Bertz CT molecular complexity index is 993. The zero-order valence-electron chi connectivity index (χ0n) is 17.1. The standard InChI is InChI=1S/C22H22IN3O4S/c1-3-26-19(27)13-18(31-22(26)25-17-11-7-15(23)8-12-17)20(28)24-16-9-5-14(6-10-16)21(29)30-4-2/h5-12,18H,3-4,13H2,1-2H3,(H,24,28). The molecule has 31 heavy (non-hydrogen) atoms. The molecular formula is C22H22IN3O4S.